The van der Waals surface area contributed by atoms with Gasteiger partial charge in [0.25, 0.3) is 10.0 Å². The molecule has 9 heteroatoms. The van der Waals surface area contributed by atoms with Gasteiger partial charge in [-0.3, -0.25) is 4.72 Å². The monoisotopic (exact) mass is 318 g/mol. The maximum atomic E-state index is 13.4. The Morgan fingerprint density at radius 2 is 1.71 bits per heavy atom. The van der Waals surface area contributed by atoms with Crippen molar-refractivity contribution in [1.29, 1.82) is 0 Å². The number of nitrogen functional groups attached to an aromatic ring is 1. The number of phenolic OH excluding ortho intramolecular Hbond substituents is 1. The van der Waals surface area contributed by atoms with E-state index in [0.29, 0.717) is 6.07 Å². The number of aromatic hydroxyl groups is 1. The second-order valence-corrected chi connectivity index (χ2v) is 5.73. The number of nitrogens with one attached hydrogen (secondary N) is 1. The van der Waals surface area contributed by atoms with E-state index in [9.17, 15) is 26.7 Å². The molecule has 0 atom stereocenters. The van der Waals surface area contributed by atoms with Crippen molar-refractivity contribution >= 4 is 21.4 Å². The van der Waals surface area contributed by atoms with Crippen LogP contribution in [-0.2, 0) is 10.0 Å². The van der Waals surface area contributed by atoms with Gasteiger partial charge in [0.2, 0.25) is 0 Å². The fourth-order valence-corrected chi connectivity index (χ4v) is 2.60. The second kappa shape index (κ2) is 5.17. The molecule has 0 saturated heterocycles. The van der Waals surface area contributed by atoms with Crippen LogP contribution >= 0.6 is 0 Å². The van der Waals surface area contributed by atoms with Gasteiger partial charge in [0.05, 0.1) is 16.3 Å². The maximum absolute atomic E-state index is 13.4. The summed E-state index contributed by atoms with van der Waals surface area (Å²) in [6.45, 7) is 0. The number of phenols is 1. The number of hydrogen-bond donors (Lipinski definition) is 3. The summed E-state index contributed by atoms with van der Waals surface area (Å²) in [4.78, 5) is -0.373. The summed E-state index contributed by atoms with van der Waals surface area (Å²) in [6.07, 6.45) is 0. The Morgan fingerprint density at radius 1 is 1.05 bits per heavy atom. The molecule has 2 aromatic carbocycles. The number of sulfonamides is 1. The number of benzene rings is 2. The predicted octanol–water partition coefficient (Wildman–Crippen LogP) is 2.19. The zero-order valence-corrected chi connectivity index (χ0v) is 11.1. The van der Waals surface area contributed by atoms with Gasteiger partial charge in [0.15, 0.2) is 17.5 Å². The minimum atomic E-state index is -4.27. The van der Waals surface area contributed by atoms with E-state index in [-0.39, 0.29) is 16.3 Å². The van der Waals surface area contributed by atoms with Crippen LogP contribution in [0.2, 0.25) is 0 Å². The molecular formula is C12H9F3N2O3S. The lowest BCUT2D eigenvalue weighted by Crippen LogP contribution is -2.15. The molecule has 0 aliphatic heterocycles. The summed E-state index contributed by atoms with van der Waals surface area (Å²) in [5.41, 5.74) is 4.40. The van der Waals surface area contributed by atoms with Gasteiger partial charge in [-0.15, -0.1) is 0 Å². The average molecular weight is 318 g/mol. The fraction of sp³-hybridized carbons (Fsp3) is 0. The van der Waals surface area contributed by atoms with E-state index in [1.54, 1.807) is 4.72 Å². The normalized spacial score (nSPS) is 11.4. The van der Waals surface area contributed by atoms with Crippen LogP contribution < -0.4 is 10.5 Å². The first-order valence-electron chi connectivity index (χ1n) is 5.47. The van der Waals surface area contributed by atoms with Crippen molar-refractivity contribution < 1.29 is 26.7 Å². The molecule has 21 heavy (non-hydrogen) atoms. The first-order valence-corrected chi connectivity index (χ1v) is 6.95. The van der Waals surface area contributed by atoms with Gasteiger partial charge in [-0.05, 0) is 30.3 Å². The Morgan fingerprint density at radius 3 is 2.33 bits per heavy atom. The van der Waals surface area contributed by atoms with E-state index < -0.39 is 33.2 Å². The Bertz CT molecular complexity index is 810. The zero-order chi connectivity index (χ0) is 15.8. The molecule has 2 aromatic rings. The van der Waals surface area contributed by atoms with Gasteiger partial charge in [0, 0.05) is 0 Å². The van der Waals surface area contributed by atoms with Crippen molar-refractivity contribution in [1.82, 2.24) is 0 Å². The van der Waals surface area contributed by atoms with Crippen LogP contribution in [0.5, 0.6) is 5.75 Å². The lowest BCUT2D eigenvalue weighted by molar-refractivity contribution is 0.449. The molecule has 112 valence electrons. The molecular weight excluding hydrogens is 309 g/mol. The SMILES string of the molecule is Nc1cc(S(=O)(=O)Nc2ccc(F)c(F)c2F)ccc1O. The minimum Gasteiger partial charge on any atom is -0.506 e. The first-order chi connectivity index (χ1) is 9.72. The standard InChI is InChI=1S/C12H9F3N2O3S/c13-7-2-3-9(12(15)11(7)14)17-21(19,20)6-1-4-10(18)8(16)5-6/h1-5,17-18H,16H2. The van der Waals surface area contributed by atoms with E-state index in [0.717, 1.165) is 24.3 Å². The average Bonchev–Trinajstić information content (AvgIpc) is 2.42. The number of halogens is 3. The highest BCUT2D eigenvalue weighted by Gasteiger charge is 2.20. The Hall–Kier alpha value is -2.42. The topological polar surface area (TPSA) is 92.4 Å². The third-order valence-corrected chi connectivity index (χ3v) is 3.95. The number of nitrogens with two attached hydrogens (primary N) is 1. The highest BCUT2D eigenvalue weighted by Crippen LogP contribution is 2.26. The van der Waals surface area contributed by atoms with Gasteiger partial charge in [-0.1, -0.05) is 0 Å². The molecule has 0 fully saturated rings. The summed E-state index contributed by atoms with van der Waals surface area (Å²) in [5.74, 6) is -5.22. The van der Waals surface area contributed by atoms with Gasteiger partial charge in [-0.25, -0.2) is 21.6 Å². The molecule has 0 bridgehead atoms. The second-order valence-electron chi connectivity index (χ2n) is 4.05. The molecule has 4 N–H and O–H groups in total. The summed E-state index contributed by atoms with van der Waals surface area (Å²) in [5, 5.41) is 9.22. The highest BCUT2D eigenvalue weighted by molar-refractivity contribution is 7.92. The van der Waals surface area contributed by atoms with E-state index in [1.807, 2.05) is 0 Å². The van der Waals surface area contributed by atoms with Crippen molar-refractivity contribution in [3.63, 3.8) is 0 Å². The van der Waals surface area contributed by atoms with Crippen LogP contribution in [0, 0.1) is 17.5 Å². The quantitative estimate of drug-likeness (QED) is 0.459. The molecule has 0 unspecified atom stereocenters. The van der Waals surface area contributed by atoms with E-state index >= 15 is 0 Å². The molecule has 2 rings (SSSR count). The van der Waals surface area contributed by atoms with Crippen molar-refractivity contribution in [3.05, 3.63) is 47.8 Å². The van der Waals surface area contributed by atoms with Crippen LogP contribution in [0.25, 0.3) is 0 Å². The molecule has 0 amide bonds. The Kier molecular flexibility index (Phi) is 3.69. The lowest BCUT2D eigenvalue weighted by atomic mass is 10.3. The zero-order valence-electron chi connectivity index (χ0n) is 10.3. The molecule has 0 spiro atoms. The summed E-state index contributed by atoms with van der Waals surface area (Å²) < 4.78 is 65.0. The van der Waals surface area contributed by atoms with E-state index in [1.165, 1.54) is 0 Å². The smallest absolute Gasteiger partial charge is 0.262 e. The summed E-state index contributed by atoms with van der Waals surface area (Å²) in [6, 6.07) is 4.32. The number of rotatable bonds is 3. The minimum absolute atomic E-state index is 0.205. The van der Waals surface area contributed by atoms with E-state index in [2.05, 4.69) is 0 Å². The number of hydrogen-bond acceptors (Lipinski definition) is 4. The van der Waals surface area contributed by atoms with Gasteiger partial charge in [-0.2, -0.15) is 0 Å². The largest absolute Gasteiger partial charge is 0.506 e. The van der Waals surface area contributed by atoms with Gasteiger partial charge >= 0.3 is 0 Å². The van der Waals surface area contributed by atoms with Crippen molar-refractivity contribution in [2.45, 2.75) is 4.90 Å². The molecule has 0 aliphatic rings. The van der Waals surface area contributed by atoms with Gasteiger partial charge in [0.1, 0.15) is 5.75 Å². The Balaban J connectivity index is 2.42. The third kappa shape index (κ3) is 2.87. The van der Waals surface area contributed by atoms with Crippen molar-refractivity contribution in [3.8, 4) is 5.75 Å². The van der Waals surface area contributed by atoms with Crippen LogP contribution in [0.4, 0.5) is 24.5 Å². The van der Waals surface area contributed by atoms with Crippen LogP contribution in [-0.4, -0.2) is 13.5 Å². The molecule has 0 heterocycles. The molecule has 0 saturated carbocycles. The lowest BCUT2D eigenvalue weighted by Gasteiger charge is -2.10. The molecule has 0 aliphatic carbocycles. The summed E-state index contributed by atoms with van der Waals surface area (Å²) >= 11 is 0. The summed E-state index contributed by atoms with van der Waals surface area (Å²) in [7, 11) is -4.27. The van der Waals surface area contributed by atoms with Crippen molar-refractivity contribution in [2.24, 2.45) is 0 Å². The van der Waals surface area contributed by atoms with Crippen molar-refractivity contribution in [2.75, 3.05) is 10.5 Å². The predicted molar refractivity (Wildman–Crippen MR) is 69.6 cm³/mol. The fourth-order valence-electron chi connectivity index (χ4n) is 1.51. The van der Waals surface area contributed by atoms with Gasteiger partial charge < -0.3 is 10.8 Å². The van der Waals surface area contributed by atoms with Crippen LogP contribution in [0.1, 0.15) is 0 Å². The first kappa shape index (κ1) is 15.0. The molecule has 0 aromatic heterocycles. The third-order valence-electron chi connectivity index (χ3n) is 2.59. The number of anilines is 2. The Labute approximate surface area is 117 Å². The van der Waals surface area contributed by atoms with E-state index in [4.69, 9.17) is 5.73 Å². The molecule has 5 nitrogen and oxygen atoms in total. The van der Waals surface area contributed by atoms with Crippen LogP contribution in [0.15, 0.2) is 35.2 Å². The maximum Gasteiger partial charge on any atom is 0.262 e. The molecule has 0 radical (unpaired) electrons. The van der Waals surface area contributed by atoms with Crippen LogP contribution in [0.3, 0.4) is 0 Å². The highest BCUT2D eigenvalue weighted by atomic mass is 32.2.